The highest BCUT2D eigenvalue weighted by atomic mass is 35.5. The minimum atomic E-state index is -0.369. The Kier molecular flexibility index (Phi) is 5.82. The van der Waals surface area contributed by atoms with Crippen LogP contribution in [0.4, 0.5) is 5.69 Å². The lowest BCUT2D eigenvalue weighted by Crippen LogP contribution is -2.34. The summed E-state index contributed by atoms with van der Waals surface area (Å²) in [4.78, 5) is 12.2. The molecule has 0 atom stereocenters. The summed E-state index contributed by atoms with van der Waals surface area (Å²) in [7, 11) is 1.51. The van der Waals surface area contributed by atoms with Crippen molar-refractivity contribution < 1.29 is 9.53 Å². The molecule has 0 saturated carbocycles. The average molecular weight is 369 g/mol. The topological polar surface area (TPSA) is 50.4 Å². The van der Waals surface area contributed by atoms with Gasteiger partial charge in [-0.1, -0.05) is 29.3 Å². The Bertz CT molecular complexity index is 766. The Balaban J connectivity index is 2.06. The number of ether oxygens (including phenoxy) is 1. The lowest BCUT2D eigenvalue weighted by molar-refractivity contribution is 0.0977. The zero-order valence-corrected chi connectivity index (χ0v) is 14.8. The van der Waals surface area contributed by atoms with Gasteiger partial charge in [-0.05, 0) is 55.0 Å². The quantitative estimate of drug-likeness (QED) is 0.786. The van der Waals surface area contributed by atoms with Crippen LogP contribution in [0.1, 0.15) is 15.9 Å². The molecule has 2 rings (SSSR count). The molecule has 0 spiro atoms. The summed E-state index contributed by atoms with van der Waals surface area (Å²) in [5.41, 5.74) is 1.96. The van der Waals surface area contributed by atoms with Gasteiger partial charge < -0.3 is 10.1 Å². The van der Waals surface area contributed by atoms with Crippen LogP contribution in [0.5, 0.6) is 5.75 Å². The van der Waals surface area contributed by atoms with Crippen LogP contribution in [-0.2, 0) is 0 Å². The molecule has 1 amide bonds. The number of anilines is 1. The van der Waals surface area contributed by atoms with Crippen LogP contribution in [0.3, 0.4) is 0 Å². The molecule has 0 bridgehead atoms. The second kappa shape index (κ2) is 7.64. The third-order valence-electron chi connectivity index (χ3n) is 3.16. The predicted molar refractivity (Wildman–Crippen MR) is 97.9 cm³/mol. The van der Waals surface area contributed by atoms with E-state index in [4.69, 9.17) is 40.2 Å². The SMILES string of the molecule is COc1ccc(C(=O)NC(=S)Nc2cccc(Cl)c2C)cc1Cl. The summed E-state index contributed by atoms with van der Waals surface area (Å²) >= 11 is 17.2. The van der Waals surface area contributed by atoms with E-state index < -0.39 is 0 Å². The van der Waals surface area contributed by atoms with Crippen molar-refractivity contribution in [3.05, 3.63) is 57.6 Å². The van der Waals surface area contributed by atoms with Crippen LogP contribution in [0.25, 0.3) is 0 Å². The molecule has 2 aromatic rings. The summed E-state index contributed by atoms with van der Waals surface area (Å²) in [5.74, 6) is 0.130. The van der Waals surface area contributed by atoms with E-state index in [9.17, 15) is 4.79 Å². The van der Waals surface area contributed by atoms with Gasteiger partial charge in [0.2, 0.25) is 0 Å². The molecular weight excluding hydrogens is 355 g/mol. The molecule has 2 aromatic carbocycles. The van der Waals surface area contributed by atoms with Gasteiger partial charge in [0.15, 0.2) is 5.11 Å². The maximum atomic E-state index is 12.2. The average Bonchev–Trinajstić information content (AvgIpc) is 2.51. The van der Waals surface area contributed by atoms with Crippen molar-refractivity contribution >= 4 is 52.1 Å². The van der Waals surface area contributed by atoms with Crippen LogP contribution in [-0.4, -0.2) is 18.1 Å². The van der Waals surface area contributed by atoms with Gasteiger partial charge in [-0.3, -0.25) is 10.1 Å². The first kappa shape index (κ1) is 17.5. The third-order valence-corrected chi connectivity index (χ3v) is 4.07. The third kappa shape index (κ3) is 4.34. The van der Waals surface area contributed by atoms with E-state index >= 15 is 0 Å². The Hall–Kier alpha value is -1.82. The minimum Gasteiger partial charge on any atom is -0.495 e. The van der Waals surface area contributed by atoms with Crippen molar-refractivity contribution in [2.45, 2.75) is 6.92 Å². The minimum absolute atomic E-state index is 0.173. The van der Waals surface area contributed by atoms with E-state index in [0.29, 0.717) is 21.4 Å². The molecular formula is C16H14Cl2N2O2S. The number of hydrogen-bond donors (Lipinski definition) is 2. The zero-order chi connectivity index (χ0) is 17.0. The molecule has 4 nitrogen and oxygen atoms in total. The molecule has 23 heavy (non-hydrogen) atoms. The van der Waals surface area contributed by atoms with E-state index in [0.717, 1.165) is 11.3 Å². The van der Waals surface area contributed by atoms with Gasteiger partial charge >= 0.3 is 0 Å². The van der Waals surface area contributed by atoms with Gasteiger partial charge in [0.25, 0.3) is 5.91 Å². The first-order valence-corrected chi connectivity index (χ1v) is 7.79. The van der Waals surface area contributed by atoms with Gasteiger partial charge in [0.1, 0.15) is 5.75 Å². The molecule has 0 aliphatic rings. The number of amides is 1. The maximum absolute atomic E-state index is 12.2. The van der Waals surface area contributed by atoms with E-state index in [1.165, 1.54) is 13.2 Å². The van der Waals surface area contributed by atoms with Gasteiger partial charge in [0.05, 0.1) is 12.1 Å². The first-order chi connectivity index (χ1) is 10.9. The summed E-state index contributed by atoms with van der Waals surface area (Å²) in [5, 5.41) is 6.68. The van der Waals surface area contributed by atoms with Crippen molar-refractivity contribution in [2.24, 2.45) is 0 Å². The summed E-state index contributed by atoms with van der Waals surface area (Å²) in [6.45, 7) is 1.86. The molecule has 0 aromatic heterocycles. The Labute approximate surface area is 149 Å². The van der Waals surface area contributed by atoms with E-state index in [1.807, 2.05) is 13.0 Å². The van der Waals surface area contributed by atoms with Crippen molar-refractivity contribution in [1.82, 2.24) is 5.32 Å². The molecule has 7 heteroatoms. The van der Waals surface area contributed by atoms with Crippen LogP contribution < -0.4 is 15.4 Å². The number of rotatable bonds is 3. The van der Waals surface area contributed by atoms with E-state index in [1.54, 1.807) is 24.3 Å². The van der Waals surface area contributed by atoms with Crippen LogP contribution >= 0.6 is 35.4 Å². The molecule has 120 valence electrons. The number of methoxy groups -OCH3 is 1. The second-order valence-corrected chi connectivity index (χ2v) is 5.89. The summed E-state index contributed by atoms with van der Waals surface area (Å²) in [6.07, 6.45) is 0. The van der Waals surface area contributed by atoms with Crippen molar-refractivity contribution in [3.8, 4) is 5.75 Å². The van der Waals surface area contributed by atoms with Gasteiger partial charge in [0, 0.05) is 16.3 Å². The molecule has 0 saturated heterocycles. The fourth-order valence-electron chi connectivity index (χ4n) is 1.88. The molecule has 0 aliphatic carbocycles. The highest BCUT2D eigenvalue weighted by molar-refractivity contribution is 7.80. The molecule has 0 heterocycles. The smallest absolute Gasteiger partial charge is 0.257 e. The van der Waals surface area contributed by atoms with Crippen LogP contribution in [0.15, 0.2) is 36.4 Å². The number of carbonyl (C=O) groups is 1. The van der Waals surface area contributed by atoms with E-state index in [-0.39, 0.29) is 11.0 Å². The van der Waals surface area contributed by atoms with Crippen molar-refractivity contribution in [1.29, 1.82) is 0 Å². The van der Waals surface area contributed by atoms with E-state index in [2.05, 4.69) is 10.6 Å². The summed E-state index contributed by atoms with van der Waals surface area (Å²) in [6, 6.07) is 10.1. The number of carbonyl (C=O) groups excluding carboxylic acids is 1. The van der Waals surface area contributed by atoms with Gasteiger partial charge in [-0.2, -0.15) is 0 Å². The lowest BCUT2D eigenvalue weighted by Gasteiger charge is -2.13. The largest absolute Gasteiger partial charge is 0.495 e. The monoisotopic (exact) mass is 368 g/mol. The van der Waals surface area contributed by atoms with Crippen molar-refractivity contribution in [2.75, 3.05) is 12.4 Å². The fourth-order valence-corrected chi connectivity index (χ4v) is 2.51. The Morgan fingerprint density at radius 2 is 1.91 bits per heavy atom. The fraction of sp³-hybridized carbons (Fsp3) is 0.125. The van der Waals surface area contributed by atoms with Crippen LogP contribution in [0.2, 0.25) is 10.0 Å². The number of hydrogen-bond acceptors (Lipinski definition) is 3. The Morgan fingerprint density at radius 3 is 2.57 bits per heavy atom. The molecule has 0 radical (unpaired) electrons. The lowest BCUT2D eigenvalue weighted by atomic mass is 10.2. The molecule has 2 N–H and O–H groups in total. The number of halogens is 2. The predicted octanol–water partition coefficient (Wildman–Crippen LogP) is 4.44. The summed E-state index contributed by atoms with van der Waals surface area (Å²) < 4.78 is 5.05. The Morgan fingerprint density at radius 1 is 1.17 bits per heavy atom. The van der Waals surface area contributed by atoms with Gasteiger partial charge in [-0.25, -0.2) is 0 Å². The zero-order valence-electron chi connectivity index (χ0n) is 12.4. The highest BCUT2D eigenvalue weighted by Gasteiger charge is 2.11. The number of nitrogens with one attached hydrogen (secondary N) is 2. The second-order valence-electron chi connectivity index (χ2n) is 4.67. The molecule has 0 aliphatic heterocycles. The molecule has 0 unspecified atom stereocenters. The van der Waals surface area contributed by atoms with Gasteiger partial charge in [-0.15, -0.1) is 0 Å². The van der Waals surface area contributed by atoms with Crippen LogP contribution in [0, 0.1) is 6.92 Å². The van der Waals surface area contributed by atoms with Crippen molar-refractivity contribution in [3.63, 3.8) is 0 Å². The standard InChI is InChI=1S/C16H14Cl2N2O2S/c1-9-11(17)4-3-5-13(9)19-16(23)20-15(21)10-6-7-14(22-2)12(18)8-10/h3-8H,1-2H3,(H2,19,20,21,23). The first-order valence-electron chi connectivity index (χ1n) is 6.63. The molecule has 0 fully saturated rings. The normalized spacial score (nSPS) is 10.1. The maximum Gasteiger partial charge on any atom is 0.257 e. The number of benzene rings is 2. The number of thiocarbonyl (C=S) groups is 1. The highest BCUT2D eigenvalue weighted by Crippen LogP contribution is 2.25.